The maximum Gasteiger partial charge on any atom is 0.268 e. The van der Waals surface area contributed by atoms with Gasteiger partial charge in [-0.2, -0.15) is 0 Å². The molecular formula is C21H26FN3O2. The quantitative estimate of drug-likeness (QED) is 0.794. The van der Waals surface area contributed by atoms with Gasteiger partial charge in [0.25, 0.3) is 5.91 Å². The predicted octanol–water partition coefficient (Wildman–Crippen LogP) is 3.20. The summed E-state index contributed by atoms with van der Waals surface area (Å²) in [5.41, 5.74) is 4.63. The number of carbonyl (C=O) groups excluding carboxylic acids is 1. The van der Waals surface area contributed by atoms with Gasteiger partial charge in [-0.15, -0.1) is 6.58 Å². The largest absolute Gasteiger partial charge is 0.378 e. The van der Waals surface area contributed by atoms with Gasteiger partial charge in [0, 0.05) is 37.4 Å². The van der Waals surface area contributed by atoms with Gasteiger partial charge in [-0.05, 0) is 31.5 Å². The Morgan fingerprint density at radius 3 is 2.56 bits per heavy atom. The molecule has 0 bridgehead atoms. The average molecular weight is 371 g/mol. The van der Waals surface area contributed by atoms with Crippen LogP contribution in [0.15, 0.2) is 36.9 Å². The van der Waals surface area contributed by atoms with Crippen LogP contribution in [0.25, 0.3) is 0 Å². The number of aromatic nitrogens is 1. The number of anilines is 1. The molecule has 0 aliphatic carbocycles. The minimum atomic E-state index is -0.286. The van der Waals surface area contributed by atoms with E-state index in [9.17, 15) is 9.18 Å². The molecule has 3 rings (SSSR count). The third-order valence-electron chi connectivity index (χ3n) is 4.95. The van der Waals surface area contributed by atoms with Crippen molar-refractivity contribution in [1.29, 1.82) is 0 Å². The molecule has 1 aliphatic rings. The lowest BCUT2D eigenvalue weighted by molar-refractivity contribution is 0.0941. The minimum Gasteiger partial charge on any atom is -0.378 e. The van der Waals surface area contributed by atoms with Gasteiger partial charge in [0.15, 0.2) is 0 Å². The number of benzene rings is 1. The van der Waals surface area contributed by atoms with E-state index in [0.717, 1.165) is 35.6 Å². The molecule has 0 spiro atoms. The van der Waals surface area contributed by atoms with Crippen molar-refractivity contribution in [3.05, 3.63) is 65.3 Å². The van der Waals surface area contributed by atoms with E-state index in [1.54, 1.807) is 18.2 Å². The van der Waals surface area contributed by atoms with Crippen molar-refractivity contribution in [3.63, 3.8) is 0 Å². The molecule has 0 atom stereocenters. The van der Waals surface area contributed by atoms with Crippen LogP contribution in [-0.2, 0) is 17.8 Å². The molecule has 2 aromatic rings. The molecule has 1 aromatic heterocycles. The van der Waals surface area contributed by atoms with Crippen LogP contribution in [0.2, 0.25) is 0 Å². The van der Waals surface area contributed by atoms with Crippen molar-refractivity contribution in [2.75, 3.05) is 31.2 Å². The maximum absolute atomic E-state index is 13.1. The molecule has 5 nitrogen and oxygen atoms in total. The number of hydrogen-bond donors (Lipinski definition) is 1. The summed E-state index contributed by atoms with van der Waals surface area (Å²) < 4.78 is 20.5. The molecule has 1 aliphatic heterocycles. The Bertz CT molecular complexity index is 821. The van der Waals surface area contributed by atoms with E-state index in [1.807, 2.05) is 18.4 Å². The lowest BCUT2D eigenvalue weighted by Gasteiger charge is -2.29. The fourth-order valence-corrected chi connectivity index (χ4v) is 3.65. The summed E-state index contributed by atoms with van der Waals surface area (Å²) >= 11 is 0. The van der Waals surface area contributed by atoms with Crippen LogP contribution in [-0.4, -0.2) is 36.8 Å². The lowest BCUT2D eigenvalue weighted by atomic mass is 10.1. The molecule has 1 aromatic carbocycles. The molecule has 1 saturated heterocycles. The third kappa shape index (κ3) is 4.06. The number of allylic oxidation sites excluding steroid dienone is 1. The Morgan fingerprint density at radius 1 is 1.26 bits per heavy atom. The van der Waals surface area contributed by atoms with Crippen LogP contribution in [0.5, 0.6) is 0 Å². The first-order chi connectivity index (χ1) is 13.0. The van der Waals surface area contributed by atoms with Gasteiger partial charge in [-0.1, -0.05) is 18.2 Å². The second kappa shape index (κ2) is 8.39. The van der Waals surface area contributed by atoms with E-state index in [1.165, 1.54) is 12.1 Å². The maximum atomic E-state index is 13.1. The normalized spacial score (nSPS) is 14.3. The highest BCUT2D eigenvalue weighted by atomic mass is 19.1. The molecule has 144 valence electrons. The van der Waals surface area contributed by atoms with Crippen molar-refractivity contribution in [2.45, 2.75) is 26.9 Å². The third-order valence-corrected chi connectivity index (χ3v) is 4.95. The van der Waals surface area contributed by atoms with E-state index in [4.69, 9.17) is 4.74 Å². The van der Waals surface area contributed by atoms with Crippen LogP contribution in [0, 0.1) is 19.7 Å². The molecule has 1 amide bonds. The Labute approximate surface area is 159 Å². The average Bonchev–Trinajstić information content (AvgIpc) is 2.92. The monoisotopic (exact) mass is 371 g/mol. The van der Waals surface area contributed by atoms with Crippen LogP contribution in [0.1, 0.15) is 27.3 Å². The Morgan fingerprint density at radius 2 is 1.93 bits per heavy atom. The zero-order chi connectivity index (χ0) is 19.4. The van der Waals surface area contributed by atoms with Crippen molar-refractivity contribution in [2.24, 2.45) is 0 Å². The van der Waals surface area contributed by atoms with Crippen molar-refractivity contribution >= 4 is 11.6 Å². The lowest BCUT2D eigenvalue weighted by Crippen LogP contribution is -2.36. The summed E-state index contributed by atoms with van der Waals surface area (Å²) in [5, 5.41) is 2.96. The second-order valence-electron chi connectivity index (χ2n) is 6.72. The number of carbonyl (C=O) groups is 1. The number of nitrogens with one attached hydrogen (secondary N) is 1. The highest BCUT2D eigenvalue weighted by Gasteiger charge is 2.26. The number of halogens is 1. The first-order valence-electron chi connectivity index (χ1n) is 9.18. The van der Waals surface area contributed by atoms with Gasteiger partial charge in [-0.3, -0.25) is 4.79 Å². The van der Waals surface area contributed by atoms with Gasteiger partial charge >= 0.3 is 0 Å². The zero-order valence-corrected chi connectivity index (χ0v) is 15.9. The van der Waals surface area contributed by atoms with Gasteiger partial charge in [0.1, 0.15) is 11.5 Å². The number of ether oxygens (including phenoxy) is 1. The summed E-state index contributed by atoms with van der Waals surface area (Å²) in [6.07, 6.45) is 1.80. The van der Waals surface area contributed by atoms with Gasteiger partial charge in [0.05, 0.1) is 18.9 Å². The number of nitrogens with zero attached hydrogens (tertiary/aromatic N) is 2. The van der Waals surface area contributed by atoms with Crippen molar-refractivity contribution < 1.29 is 13.9 Å². The van der Waals surface area contributed by atoms with Gasteiger partial charge in [-0.25, -0.2) is 4.39 Å². The standard InChI is InChI=1S/C21H26FN3O2/c1-4-9-25-16(3)19(24-10-12-27-13-11-24)15(2)20(25)21(26)23-14-17-5-7-18(22)8-6-17/h4-8H,1,9-14H2,2-3H3,(H,23,26). The van der Waals surface area contributed by atoms with Crippen LogP contribution in [0.4, 0.5) is 10.1 Å². The van der Waals surface area contributed by atoms with Crippen molar-refractivity contribution in [3.8, 4) is 0 Å². The minimum absolute atomic E-state index is 0.138. The molecule has 0 saturated carbocycles. The van der Waals surface area contributed by atoms with Gasteiger partial charge in [0.2, 0.25) is 0 Å². The fraction of sp³-hybridized carbons (Fsp3) is 0.381. The summed E-state index contributed by atoms with van der Waals surface area (Å²) in [6, 6.07) is 6.15. The SMILES string of the molecule is C=CCn1c(C)c(N2CCOCC2)c(C)c1C(=O)NCc1ccc(F)cc1. The Hall–Kier alpha value is -2.60. The first-order valence-corrected chi connectivity index (χ1v) is 9.18. The van der Waals surface area contributed by atoms with Crippen LogP contribution >= 0.6 is 0 Å². The van der Waals surface area contributed by atoms with Crippen LogP contribution in [0.3, 0.4) is 0 Å². The smallest absolute Gasteiger partial charge is 0.268 e. The Kier molecular flexibility index (Phi) is 5.96. The molecule has 0 unspecified atom stereocenters. The first kappa shape index (κ1) is 19.2. The van der Waals surface area contributed by atoms with E-state index >= 15 is 0 Å². The fourth-order valence-electron chi connectivity index (χ4n) is 3.65. The molecular weight excluding hydrogens is 345 g/mol. The van der Waals surface area contributed by atoms with E-state index in [-0.39, 0.29) is 11.7 Å². The van der Waals surface area contributed by atoms with Crippen molar-refractivity contribution in [1.82, 2.24) is 9.88 Å². The molecule has 1 N–H and O–H groups in total. The molecule has 27 heavy (non-hydrogen) atoms. The number of morpholine rings is 1. The van der Waals surface area contributed by atoms with E-state index in [0.29, 0.717) is 32.0 Å². The molecule has 2 heterocycles. The van der Waals surface area contributed by atoms with E-state index < -0.39 is 0 Å². The van der Waals surface area contributed by atoms with E-state index in [2.05, 4.69) is 16.8 Å². The molecule has 6 heteroatoms. The highest BCUT2D eigenvalue weighted by Crippen LogP contribution is 2.31. The van der Waals surface area contributed by atoms with Gasteiger partial charge < -0.3 is 19.5 Å². The summed E-state index contributed by atoms with van der Waals surface area (Å²) in [4.78, 5) is 15.2. The Balaban J connectivity index is 1.86. The number of amides is 1. The number of hydrogen-bond acceptors (Lipinski definition) is 3. The van der Waals surface area contributed by atoms with Crippen LogP contribution < -0.4 is 10.2 Å². The summed E-state index contributed by atoms with van der Waals surface area (Å²) in [7, 11) is 0. The summed E-state index contributed by atoms with van der Waals surface area (Å²) in [6.45, 7) is 11.8. The predicted molar refractivity (Wildman–Crippen MR) is 105 cm³/mol. The topological polar surface area (TPSA) is 46.5 Å². The highest BCUT2D eigenvalue weighted by molar-refractivity contribution is 5.96. The molecule has 1 fully saturated rings. The second-order valence-corrected chi connectivity index (χ2v) is 6.72. The zero-order valence-electron chi connectivity index (χ0n) is 15.9. The summed E-state index contributed by atoms with van der Waals surface area (Å²) in [5.74, 6) is -0.423. The number of rotatable bonds is 6. The molecule has 0 radical (unpaired) electrons.